The molecule has 2 atom stereocenters. The number of hydrogen-bond donors (Lipinski definition) is 2. The average Bonchev–Trinajstić information content (AvgIpc) is 3.02. The van der Waals surface area contributed by atoms with Crippen molar-refractivity contribution >= 4 is 11.9 Å². The molecule has 116 valence electrons. The van der Waals surface area contributed by atoms with Gasteiger partial charge in [0.05, 0.1) is 5.69 Å². The summed E-state index contributed by atoms with van der Waals surface area (Å²) in [5.41, 5.74) is 1.17. The van der Waals surface area contributed by atoms with E-state index in [-0.39, 0.29) is 11.7 Å². The summed E-state index contributed by atoms with van der Waals surface area (Å²) in [5.74, 6) is -1.55. The van der Waals surface area contributed by atoms with Crippen molar-refractivity contribution in [1.29, 1.82) is 0 Å². The topological polar surface area (TPSA) is 92.4 Å². The Morgan fingerprint density at radius 2 is 2.00 bits per heavy atom. The van der Waals surface area contributed by atoms with Gasteiger partial charge in [-0.1, -0.05) is 49.3 Å². The number of nitrogens with zero attached hydrogens (tertiary/aromatic N) is 1. The van der Waals surface area contributed by atoms with Crippen molar-refractivity contribution in [3.63, 3.8) is 0 Å². The molecule has 0 aliphatic heterocycles. The first-order chi connectivity index (χ1) is 10.5. The zero-order valence-electron chi connectivity index (χ0n) is 12.4. The van der Waals surface area contributed by atoms with Crippen LogP contribution in [0.1, 0.15) is 54.0 Å². The largest absolute Gasteiger partial charge is 0.479 e. The van der Waals surface area contributed by atoms with Crippen LogP contribution in [-0.4, -0.2) is 22.1 Å². The summed E-state index contributed by atoms with van der Waals surface area (Å²) >= 11 is 0. The van der Waals surface area contributed by atoms with Gasteiger partial charge in [0.15, 0.2) is 6.04 Å². The van der Waals surface area contributed by atoms with Crippen molar-refractivity contribution in [2.75, 3.05) is 0 Å². The first kappa shape index (κ1) is 15.8. The Morgan fingerprint density at radius 3 is 2.59 bits per heavy atom. The number of benzene rings is 1. The maximum absolute atomic E-state index is 12.1. The predicted molar refractivity (Wildman–Crippen MR) is 79.5 cm³/mol. The predicted octanol–water partition coefficient (Wildman–Crippen LogP) is 2.74. The first-order valence-electron chi connectivity index (χ1n) is 7.08. The van der Waals surface area contributed by atoms with Crippen LogP contribution < -0.4 is 5.32 Å². The lowest BCUT2D eigenvalue weighted by Gasteiger charge is -2.13. The number of hydrogen-bond acceptors (Lipinski definition) is 4. The second-order valence-electron chi connectivity index (χ2n) is 5.08. The molecule has 1 amide bonds. The third-order valence-electron chi connectivity index (χ3n) is 3.52. The minimum Gasteiger partial charge on any atom is -0.479 e. The van der Waals surface area contributed by atoms with Crippen LogP contribution in [0.25, 0.3) is 0 Å². The van der Waals surface area contributed by atoms with Crippen molar-refractivity contribution in [2.24, 2.45) is 0 Å². The fourth-order valence-corrected chi connectivity index (χ4v) is 1.97. The fraction of sp³-hybridized carbons (Fsp3) is 0.312. The number of carboxylic acid groups (broad SMARTS) is 1. The summed E-state index contributed by atoms with van der Waals surface area (Å²) in [5, 5.41) is 15.6. The van der Waals surface area contributed by atoms with Crippen LogP contribution in [0.5, 0.6) is 0 Å². The molecule has 0 spiro atoms. The molecule has 6 nitrogen and oxygen atoms in total. The van der Waals surface area contributed by atoms with Gasteiger partial charge in [0, 0.05) is 12.0 Å². The molecule has 0 bridgehead atoms. The Balaban J connectivity index is 2.15. The second kappa shape index (κ2) is 6.89. The highest BCUT2D eigenvalue weighted by atomic mass is 16.5. The average molecular weight is 302 g/mol. The van der Waals surface area contributed by atoms with Gasteiger partial charge >= 0.3 is 5.97 Å². The number of aromatic nitrogens is 1. The van der Waals surface area contributed by atoms with Crippen LogP contribution in [0.3, 0.4) is 0 Å². The minimum absolute atomic E-state index is 0.0116. The number of rotatable bonds is 6. The van der Waals surface area contributed by atoms with Gasteiger partial charge in [-0.3, -0.25) is 4.79 Å². The van der Waals surface area contributed by atoms with E-state index < -0.39 is 17.9 Å². The SMILES string of the molecule is CCC(C)c1cc(C(=O)N[C@H](C(=O)O)c2ccccc2)on1. The highest BCUT2D eigenvalue weighted by Crippen LogP contribution is 2.19. The van der Waals surface area contributed by atoms with E-state index in [0.29, 0.717) is 11.3 Å². The summed E-state index contributed by atoms with van der Waals surface area (Å²) in [4.78, 5) is 23.5. The molecule has 1 aromatic carbocycles. The summed E-state index contributed by atoms with van der Waals surface area (Å²) in [7, 11) is 0. The number of carbonyl (C=O) groups excluding carboxylic acids is 1. The van der Waals surface area contributed by atoms with Crippen LogP contribution in [0, 0.1) is 0 Å². The third kappa shape index (κ3) is 3.52. The van der Waals surface area contributed by atoms with E-state index in [1.54, 1.807) is 36.4 Å². The lowest BCUT2D eigenvalue weighted by Crippen LogP contribution is -2.33. The van der Waals surface area contributed by atoms with E-state index in [0.717, 1.165) is 6.42 Å². The molecule has 6 heteroatoms. The molecule has 0 aliphatic carbocycles. The molecule has 2 aromatic rings. The van der Waals surface area contributed by atoms with Crippen molar-refractivity contribution < 1.29 is 19.2 Å². The second-order valence-corrected chi connectivity index (χ2v) is 5.08. The smallest absolute Gasteiger partial charge is 0.330 e. The van der Waals surface area contributed by atoms with Crippen molar-refractivity contribution in [3.8, 4) is 0 Å². The van der Waals surface area contributed by atoms with Crippen LogP contribution in [0.2, 0.25) is 0 Å². The molecular weight excluding hydrogens is 284 g/mol. The van der Waals surface area contributed by atoms with Crippen LogP contribution in [-0.2, 0) is 4.79 Å². The summed E-state index contributed by atoms with van der Waals surface area (Å²) in [6, 6.07) is 8.91. The summed E-state index contributed by atoms with van der Waals surface area (Å²) in [6.07, 6.45) is 0.870. The van der Waals surface area contributed by atoms with Crippen LogP contribution in [0.15, 0.2) is 40.9 Å². The lowest BCUT2D eigenvalue weighted by molar-refractivity contribution is -0.139. The number of amides is 1. The summed E-state index contributed by atoms with van der Waals surface area (Å²) < 4.78 is 5.01. The standard InChI is InChI=1S/C16H18N2O4/c1-3-10(2)12-9-13(22-18-12)15(19)17-14(16(20)21)11-7-5-4-6-8-11/h4-10,14H,3H2,1-2H3,(H,17,19)(H,20,21)/t10?,14-/m0/s1. The molecule has 0 fully saturated rings. The van der Waals surface area contributed by atoms with E-state index in [1.165, 1.54) is 0 Å². The third-order valence-corrected chi connectivity index (χ3v) is 3.52. The van der Waals surface area contributed by atoms with Gasteiger partial charge in [0.1, 0.15) is 0 Å². The van der Waals surface area contributed by atoms with Gasteiger partial charge in [-0.05, 0) is 12.0 Å². The van der Waals surface area contributed by atoms with Crippen LogP contribution >= 0.6 is 0 Å². The number of aliphatic carboxylic acids is 1. The Morgan fingerprint density at radius 1 is 1.32 bits per heavy atom. The quantitative estimate of drug-likeness (QED) is 0.856. The Hall–Kier alpha value is -2.63. The van der Waals surface area contributed by atoms with E-state index in [9.17, 15) is 14.7 Å². The molecule has 2 rings (SSSR count). The fourth-order valence-electron chi connectivity index (χ4n) is 1.97. The number of nitrogens with one attached hydrogen (secondary N) is 1. The Kier molecular flexibility index (Phi) is 4.93. The number of carboxylic acids is 1. The van der Waals surface area contributed by atoms with Crippen molar-refractivity contribution in [1.82, 2.24) is 10.5 Å². The maximum Gasteiger partial charge on any atom is 0.330 e. The highest BCUT2D eigenvalue weighted by Gasteiger charge is 2.24. The molecule has 0 aliphatic rings. The molecule has 2 N–H and O–H groups in total. The zero-order chi connectivity index (χ0) is 16.1. The van der Waals surface area contributed by atoms with E-state index in [4.69, 9.17) is 4.52 Å². The molecule has 1 aromatic heterocycles. The van der Waals surface area contributed by atoms with Gasteiger partial charge in [0.2, 0.25) is 5.76 Å². The molecule has 1 heterocycles. The zero-order valence-corrected chi connectivity index (χ0v) is 12.4. The van der Waals surface area contributed by atoms with Gasteiger partial charge < -0.3 is 14.9 Å². The molecular formula is C16H18N2O4. The van der Waals surface area contributed by atoms with E-state index >= 15 is 0 Å². The lowest BCUT2D eigenvalue weighted by atomic mass is 10.0. The Labute approximate surface area is 128 Å². The van der Waals surface area contributed by atoms with Gasteiger partial charge in [-0.15, -0.1) is 0 Å². The molecule has 0 saturated heterocycles. The van der Waals surface area contributed by atoms with Gasteiger partial charge in [0.25, 0.3) is 5.91 Å². The maximum atomic E-state index is 12.1. The van der Waals surface area contributed by atoms with Gasteiger partial charge in [-0.25, -0.2) is 4.79 Å². The molecule has 0 saturated carbocycles. The normalized spacial score (nSPS) is 13.4. The molecule has 22 heavy (non-hydrogen) atoms. The highest BCUT2D eigenvalue weighted by molar-refractivity contribution is 5.94. The number of carbonyl (C=O) groups is 2. The van der Waals surface area contributed by atoms with Crippen molar-refractivity contribution in [3.05, 3.63) is 53.4 Å². The van der Waals surface area contributed by atoms with Gasteiger partial charge in [-0.2, -0.15) is 0 Å². The van der Waals surface area contributed by atoms with Crippen LogP contribution in [0.4, 0.5) is 0 Å². The minimum atomic E-state index is -1.14. The monoisotopic (exact) mass is 302 g/mol. The Bertz CT molecular complexity index is 651. The van der Waals surface area contributed by atoms with E-state index in [1.807, 2.05) is 13.8 Å². The summed E-state index contributed by atoms with van der Waals surface area (Å²) in [6.45, 7) is 3.98. The molecule has 0 radical (unpaired) electrons. The first-order valence-corrected chi connectivity index (χ1v) is 7.08. The molecule has 1 unspecified atom stereocenters. The van der Waals surface area contributed by atoms with Crippen molar-refractivity contribution in [2.45, 2.75) is 32.2 Å². The van der Waals surface area contributed by atoms with E-state index in [2.05, 4.69) is 10.5 Å².